The molecule has 1 atom stereocenters. The Morgan fingerprint density at radius 1 is 1.56 bits per heavy atom. The minimum Gasteiger partial charge on any atom is -0.352 e. The van der Waals surface area contributed by atoms with Crippen LogP contribution >= 0.6 is 15.9 Å². The number of piperidine rings is 1. The average molecular weight is 284 g/mol. The van der Waals surface area contributed by atoms with E-state index < -0.39 is 0 Å². The van der Waals surface area contributed by atoms with Gasteiger partial charge in [-0.25, -0.2) is 4.98 Å². The van der Waals surface area contributed by atoms with Gasteiger partial charge in [0.2, 0.25) is 0 Å². The minimum atomic E-state index is 0.460. The lowest BCUT2D eigenvalue weighted by Gasteiger charge is -2.36. The zero-order chi connectivity index (χ0) is 11.5. The normalized spacial score (nSPS) is 21.2. The van der Waals surface area contributed by atoms with Gasteiger partial charge in [0, 0.05) is 29.8 Å². The van der Waals surface area contributed by atoms with Crippen molar-refractivity contribution in [1.29, 1.82) is 0 Å². The van der Waals surface area contributed by atoms with E-state index in [1.807, 2.05) is 6.20 Å². The predicted octanol–water partition coefficient (Wildman–Crippen LogP) is 2.47. The van der Waals surface area contributed by atoms with Gasteiger partial charge < -0.3 is 10.6 Å². The molecule has 0 aromatic carbocycles. The highest BCUT2D eigenvalue weighted by Gasteiger charge is 2.22. The molecule has 1 aromatic heterocycles. The molecule has 88 valence electrons. The number of aromatic nitrogens is 1. The predicted molar refractivity (Wildman–Crippen MR) is 70.7 cm³/mol. The summed E-state index contributed by atoms with van der Waals surface area (Å²) < 4.78 is 1.07. The maximum Gasteiger partial charge on any atom is 0.129 e. The number of anilines is 1. The number of rotatable bonds is 2. The van der Waals surface area contributed by atoms with Crippen molar-refractivity contribution in [2.24, 2.45) is 5.73 Å². The molecule has 2 rings (SSSR count). The van der Waals surface area contributed by atoms with Gasteiger partial charge in [0.15, 0.2) is 0 Å². The molecule has 0 spiro atoms. The molecule has 0 bridgehead atoms. The summed E-state index contributed by atoms with van der Waals surface area (Å²) in [5.41, 5.74) is 7.05. The van der Waals surface area contributed by atoms with Gasteiger partial charge in [0.1, 0.15) is 5.82 Å². The third-order valence-electron chi connectivity index (χ3n) is 3.23. The average Bonchev–Trinajstić information content (AvgIpc) is 2.32. The Morgan fingerprint density at radius 3 is 3.06 bits per heavy atom. The first-order chi connectivity index (χ1) is 7.72. The van der Waals surface area contributed by atoms with Crippen LogP contribution in [0.1, 0.15) is 24.8 Å². The molecule has 2 N–H and O–H groups in total. The monoisotopic (exact) mass is 283 g/mol. The summed E-state index contributed by atoms with van der Waals surface area (Å²) in [6.07, 6.45) is 5.60. The largest absolute Gasteiger partial charge is 0.352 e. The molecule has 1 saturated heterocycles. The van der Waals surface area contributed by atoms with Crippen LogP contribution in [0.5, 0.6) is 0 Å². The third kappa shape index (κ3) is 2.38. The van der Waals surface area contributed by atoms with Gasteiger partial charge in [-0.15, -0.1) is 0 Å². The molecule has 4 heteroatoms. The lowest BCUT2D eigenvalue weighted by Crippen LogP contribution is -2.44. The molecule has 1 unspecified atom stereocenters. The summed E-state index contributed by atoms with van der Waals surface area (Å²) in [4.78, 5) is 6.83. The number of halogens is 1. The van der Waals surface area contributed by atoms with Gasteiger partial charge in [-0.1, -0.05) is 0 Å². The van der Waals surface area contributed by atoms with Crippen molar-refractivity contribution in [3.8, 4) is 0 Å². The second-order valence-corrected chi connectivity index (χ2v) is 5.22. The second kappa shape index (κ2) is 5.15. The maximum absolute atomic E-state index is 5.82. The van der Waals surface area contributed by atoms with Crippen LogP contribution in [0.25, 0.3) is 0 Å². The summed E-state index contributed by atoms with van der Waals surface area (Å²) in [7, 11) is 0. The SMILES string of the molecule is Cc1cc(N2CCCCC2CN)ncc1Br. The Morgan fingerprint density at radius 2 is 2.38 bits per heavy atom. The molecule has 0 amide bonds. The quantitative estimate of drug-likeness (QED) is 0.907. The van der Waals surface area contributed by atoms with Crippen LogP contribution in [0, 0.1) is 6.92 Å². The standard InChI is InChI=1S/C12H18BrN3/c1-9-6-12(15-8-11(9)13)16-5-3-2-4-10(16)7-14/h6,8,10H,2-5,7,14H2,1H3. The number of aryl methyl sites for hydroxylation is 1. The van der Waals surface area contributed by atoms with E-state index >= 15 is 0 Å². The van der Waals surface area contributed by atoms with Crippen molar-refractivity contribution in [1.82, 2.24) is 4.98 Å². The van der Waals surface area contributed by atoms with Crippen LogP contribution in [-0.2, 0) is 0 Å². The summed E-state index contributed by atoms with van der Waals surface area (Å²) in [5.74, 6) is 1.07. The Hall–Kier alpha value is -0.610. The Bertz CT molecular complexity index is 367. The van der Waals surface area contributed by atoms with E-state index in [9.17, 15) is 0 Å². The van der Waals surface area contributed by atoms with Gasteiger partial charge in [-0.3, -0.25) is 0 Å². The van der Waals surface area contributed by atoms with Gasteiger partial charge in [0.25, 0.3) is 0 Å². The van der Waals surface area contributed by atoms with Gasteiger partial charge in [0.05, 0.1) is 0 Å². The molecule has 1 aliphatic rings. The smallest absolute Gasteiger partial charge is 0.129 e. The topological polar surface area (TPSA) is 42.1 Å². The highest BCUT2D eigenvalue weighted by atomic mass is 79.9. The summed E-state index contributed by atoms with van der Waals surface area (Å²) >= 11 is 3.48. The van der Waals surface area contributed by atoms with Crippen molar-refractivity contribution in [2.75, 3.05) is 18.0 Å². The van der Waals surface area contributed by atoms with E-state index in [-0.39, 0.29) is 0 Å². The highest BCUT2D eigenvalue weighted by Crippen LogP contribution is 2.25. The van der Waals surface area contributed by atoms with E-state index in [2.05, 4.69) is 38.8 Å². The minimum absolute atomic E-state index is 0.460. The number of hydrogen-bond acceptors (Lipinski definition) is 3. The van der Waals surface area contributed by atoms with E-state index in [4.69, 9.17) is 5.73 Å². The lowest BCUT2D eigenvalue weighted by molar-refractivity contribution is 0.462. The summed E-state index contributed by atoms with van der Waals surface area (Å²) in [6, 6.07) is 2.60. The van der Waals surface area contributed by atoms with Gasteiger partial charge >= 0.3 is 0 Å². The van der Waals surface area contributed by atoms with Crippen LogP contribution in [0.4, 0.5) is 5.82 Å². The van der Waals surface area contributed by atoms with Crippen LogP contribution in [0.3, 0.4) is 0 Å². The third-order valence-corrected chi connectivity index (χ3v) is 4.06. The highest BCUT2D eigenvalue weighted by molar-refractivity contribution is 9.10. The Balaban J connectivity index is 2.23. The van der Waals surface area contributed by atoms with Crippen LogP contribution in [0.15, 0.2) is 16.7 Å². The van der Waals surface area contributed by atoms with Crippen molar-refractivity contribution in [3.05, 3.63) is 22.3 Å². The summed E-state index contributed by atoms with van der Waals surface area (Å²) in [5, 5.41) is 0. The first-order valence-electron chi connectivity index (χ1n) is 5.81. The molecular formula is C12H18BrN3. The molecular weight excluding hydrogens is 266 g/mol. The molecule has 3 nitrogen and oxygen atoms in total. The Labute approximate surface area is 105 Å². The van der Waals surface area contributed by atoms with Crippen molar-refractivity contribution >= 4 is 21.7 Å². The van der Waals surface area contributed by atoms with Crippen molar-refractivity contribution in [2.45, 2.75) is 32.2 Å². The molecule has 1 fully saturated rings. The van der Waals surface area contributed by atoms with Crippen LogP contribution < -0.4 is 10.6 Å². The van der Waals surface area contributed by atoms with E-state index in [1.54, 1.807) is 0 Å². The van der Waals surface area contributed by atoms with Crippen molar-refractivity contribution in [3.63, 3.8) is 0 Å². The van der Waals surface area contributed by atoms with E-state index in [0.717, 1.165) is 23.4 Å². The number of nitrogens with two attached hydrogens (primary N) is 1. The molecule has 1 aromatic rings. The van der Waals surface area contributed by atoms with Crippen LogP contribution in [-0.4, -0.2) is 24.1 Å². The fraction of sp³-hybridized carbons (Fsp3) is 0.583. The number of pyridine rings is 1. The summed E-state index contributed by atoms with van der Waals surface area (Å²) in [6.45, 7) is 3.89. The molecule has 1 aliphatic heterocycles. The van der Waals surface area contributed by atoms with E-state index in [0.29, 0.717) is 6.04 Å². The molecule has 0 saturated carbocycles. The molecule has 0 aliphatic carbocycles. The first-order valence-corrected chi connectivity index (χ1v) is 6.60. The number of nitrogens with zero attached hydrogens (tertiary/aromatic N) is 2. The molecule has 2 heterocycles. The second-order valence-electron chi connectivity index (χ2n) is 4.37. The first kappa shape index (κ1) is 11.9. The van der Waals surface area contributed by atoms with Gasteiger partial charge in [-0.05, 0) is 53.7 Å². The maximum atomic E-state index is 5.82. The fourth-order valence-corrected chi connectivity index (χ4v) is 2.45. The molecule has 16 heavy (non-hydrogen) atoms. The number of hydrogen-bond donors (Lipinski definition) is 1. The zero-order valence-electron chi connectivity index (χ0n) is 9.62. The molecule has 0 radical (unpaired) electrons. The zero-order valence-corrected chi connectivity index (χ0v) is 11.2. The fourth-order valence-electron chi connectivity index (χ4n) is 2.23. The van der Waals surface area contributed by atoms with Crippen molar-refractivity contribution < 1.29 is 0 Å². The Kier molecular flexibility index (Phi) is 3.82. The van der Waals surface area contributed by atoms with E-state index in [1.165, 1.54) is 24.8 Å². The lowest BCUT2D eigenvalue weighted by atomic mass is 10.0. The van der Waals surface area contributed by atoms with Crippen LogP contribution in [0.2, 0.25) is 0 Å². The van der Waals surface area contributed by atoms with Gasteiger partial charge in [-0.2, -0.15) is 0 Å².